The predicted octanol–water partition coefficient (Wildman–Crippen LogP) is 4.19. The molecule has 1 aliphatic heterocycles. The lowest BCUT2D eigenvalue weighted by Gasteiger charge is -2.36. The van der Waals surface area contributed by atoms with Crippen molar-refractivity contribution in [2.75, 3.05) is 17.6 Å². The summed E-state index contributed by atoms with van der Waals surface area (Å²) in [6.45, 7) is 2.02. The van der Waals surface area contributed by atoms with E-state index in [0.29, 0.717) is 23.5 Å². The van der Waals surface area contributed by atoms with Crippen molar-refractivity contribution in [3.8, 4) is 11.1 Å². The Balaban J connectivity index is 1.68. The van der Waals surface area contributed by atoms with Gasteiger partial charge in [-0.05, 0) is 61.2 Å². The van der Waals surface area contributed by atoms with Crippen LogP contribution in [-0.4, -0.2) is 33.2 Å². The first-order valence-corrected chi connectivity index (χ1v) is 10.5. The molecule has 0 aliphatic carbocycles. The van der Waals surface area contributed by atoms with E-state index < -0.39 is 0 Å². The number of anilines is 2. The van der Waals surface area contributed by atoms with E-state index in [0.717, 1.165) is 30.4 Å². The molecule has 164 valence electrons. The topological polar surface area (TPSA) is 101 Å². The number of aromatic nitrogens is 2. The summed E-state index contributed by atoms with van der Waals surface area (Å²) >= 11 is 0. The molecule has 1 atom stereocenters. The van der Waals surface area contributed by atoms with Crippen LogP contribution in [0.25, 0.3) is 11.1 Å². The molecule has 1 unspecified atom stereocenters. The molecular formula is C24H24FN5O2. The van der Waals surface area contributed by atoms with E-state index in [-0.39, 0.29) is 29.6 Å². The van der Waals surface area contributed by atoms with Crippen LogP contribution in [0.3, 0.4) is 0 Å². The summed E-state index contributed by atoms with van der Waals surface area (Å²) in [4.78, 5) is 35.1. The van der Waals surface area contributed by atoms with Gasteiger partial charge in [0, 0.05) is 36.5 Å². The van der Waals surface area contributed by atoms with Crippen molar-refractivity contribution < 1.29 is 14.0 Å². The van der Waals surface area contributed by atoms with Crippen molar-refractivity contribution in [3.05, 3.63) is 71.8 Å². The van der Waals surface area contributed by atoms with Crippen molar-refractivity contribution >= 4 is 23.5 Å². The van der Waals surface area contributed by atoms with Gasteiger partial charge in [0.05, 0.1) is 11.7 Å². The number of nitrogens with one attached hydrogen (secondary N) is 1. The third kappa shape index (κ3) is 4.59. The molecule has 7 nitrogen and oxygen atoms in total. The second-order valence-electron chi connectivity index (χ2n) is 7.80. The van der Waals surface area contributed by atoms with Gasteiger partial charge in [-0.2, -0.15) is 0 Å². The number of carbonyl (C=O) groups is 2. The molecule has 1 saturated heterocycles. The van der Waals surface area contributed by atoms with E-state index >= 15 is 0 Å². The van der Waals surface area contributed by atoms with Crippen LogP contribution in [0, 0.1) is 5.82 Å². The standard InChI is InChI=1S/C24H24FN5O2/c1-15(31)28-19-11-7-17(8-12-19)23(32)30-13-3-2-4-21(30)22-20(14-27-24(26)29-22)16-5-9-18(25)10-6-16/h5-12,14,21H,2-4,13H2,1H3,(H,28,31)(H2,26,27,29). The SMILES string of the molecule is CC(=O)Nc1ccc(C(=O)N2CCCCC2c2nc(N)ncc2-c2ccc(F)cc2)cc1. The molecule has 8 heteroatoms. The highest BCUT2D eigenvalue weighted by atomic mass is 19.1. The summed E-state index contributed by atoms with van der Waals surface area (Å²) in [5.41, 5.74) is 9.21. The van der Waals surface area contributed by atoms with Gasteiger partial charge in [-0.15, -0.1) is 0 Å². The van der Waals surface area contributed by atoms with Crippen molar-refractivity contribution in [1.29, 1.82) is 0 Å². The second kappa shape index (κ2) is 9.13. The molecule has 3 aromatic rings. The van der Waals surface area contributed by atoms with Gasteiger partial charge in [-0.3, -0.25) is 9.59 Å². The van der Waals surface area contributed by atoms with Crippen molar-refractivity contribution in [2.45, 2.75) is 32.2 Å². The van der Waals surface area contributed by atoms with Crippen molar-refractivity contribution in [2.24, 2.45) is 0 Å². The maximum absolute atomic E-state index is 13.4. The fourth-order valence-corrected chi connectivity index (χ4v) is 4.04. The van der Waals surface area contributed by atoms with Gasteiger partial charge in [0.2, 0.25) is 11.9 Å². The number of nitrogen functional groups attached to an aromatic ring is 1. The molecule has 1 aromatic heterocycles. The smallest absolute Gasteiger partial charge is 0.254 e. The Morgan fingerprint density at radius 1 is 1.09 bits per heavy atom. The number of hydrogen-bond acceptors (Lipinski definition) is 5. The Hall–Kier alpha value is -3.81. The van der Waals surface area contributed by atoms with E-state index in [1.165, 1.54) is 19.1 Å². The molecule has 32 heavy (non-hydrogen) atoms. The maximum atomic E-state index is 13.4. The summed E-state index contributed by atoms with van der Waals surface area (Å²) in [6.07, 6.45) is 4.20. The van der Waals surface area contributed by atoms with Crippen LogP contribution in [0.2, 0.25) is 0 Å². The Bertz CT molecular complexity index is 1130. The summed E-state index contributed by atoms with van der Waals surface area (Å²) in [6, 6.07) is 12.7. The van der Waals surface area contributed by atoms with E-state index in [1.807, 2.05) is 4.90 Å². The van der Waals surface area contributed by atoms with Crippen LogP contribution in [0.5, 0.6) is 0 Å². The summed E-state index contributed by atoms with van der Waals surface area (Å²) in [7, 11) is 0. The number of likely N-dealkylation sites (tertiary alicyclic amines) is 1. The maximum Gasteiger partial charge on any atom is 0.254 e. The van der Waals surface area contributed by atoms with Crippen molar-refractivity contribution in [1.82, 2.24) is 14.9 Å². The number of nitrogens with zero attached hydrogens (tertiary/aromatic N) is 3. The molecule has 2 aromatic carbocycles. The fraction of sp³-hybridized carbons (Fsp3) is 0.250. The molecule has 2 amide bonds. The Labute approximate surface area is 185 Å². The number of piperidine rings is 1. The highest BCUT2D eigenvalue weighted by molar-refractivity contribution is 5.96. The highest BCUT2D eigenvalue weighted by Gasteiger charge is 2.32. The number of nitrogens with two attached hydrogens (primary N) is 1. The minimum absolute atomic E-state index is 0.119. The number of halogens is 1. The number of carbonyl (C=O) groups excluding carboxylic acids is 2. The molecule has 2 heterocycles. The van der Waals surface area contributed by atoms with Crippen molar-refractivity contribution in [3.63, 3.8) is 0 Å². The van der Waals surface area contributed by atoms with Gasteiger partial charge in [-0.25, -0.2) is 14.4 Å². The normalized spacial score (nSPS) is 15.9. The van der Waals surface area contributed by atoms with Gasteiger partial charge in [0.15, 0.2) is 0 Å². The van der Waals surface area contributed by atoms with Crippen LogP contribution >= 0.6 is 0 Å². The Morgan fingerprint density at radius 3 is 2.50 bits per heavy atom. The zero-order valence-corrected chi connectivity index (χ0v) is 17.7. The van der Waals surface area contributed by atoms with Gasteiger partial charge < -0.3 is 16.0 Å². The molecule has 4 rings (SSSR count). The first-order valence-electron chi connectivity index (χ1n) is 10.5. The third-order valence-electron chi connectivity index (χ3n) is 5.52. The van der Waals surface area contributed by atoms with E-state index in [9.17, 15) is 14.0 Å². The average molecular weight is 433 g/mol. The molecule has 0 spiro atoms. The van der Waals surface area contributed by atoms with Crippen LogP contribution in [0.15, 0.2) is 54.7 Å². The molecule has 0 radical (unpaired) electrons. The Kier molecular flexibility index (Phi) is 6.11. The first-order chi connectivity index (χ1) is 15.4. The third-order valence-corrected chi connectivity index (χ3v) is 5.52. The van der Waals surface area contributed by atoms with Crippen LogP contribution in [0.4, 0.5) is 16.0 Å². The molecule has 0 saturated carbocycles. The number of amides is 2. The zero-order chi connectivity index (χ0) is 22.7. The average Bonchev–Trinajstić information content (AvgIpc) is 2.79. The van der Waals surface area contributed by atoms with Crippen LogP contribution in [0.1, 0.15) is 48.3 Å². The van der Waals surface area contributed by atoms with Gasteiger partial charge in [0.25, 0.3) is 5.91 Å². The Morgan fingerprint density at radius 2 is 1.81 bits per heavy atom. The van der Waals surface area contributed by atoms with Gasteiger partial charge in [-0.1, -0.05) is 12.1 Å². The van der Waals surface area contributed by atoms with E-state index in [2.05, 4.69) is 15.3 Å². The van der Waals surface area contributed by atoms with Crippen LogP contribution < -0.4 is 11.1 Å². The quantitative estimate of drug-likeness (QED) is 0.642. The van der Waals surface area contributed by atoms with Gasteiger partial charge >= 0.3 is 0 Å². The van der Waals surface area contributed by atoms with E-state index in [1.54, 1.807) is 42.6 Å². The second-order valence-corrected chi connectivity index (χ2v) is 7.80. The lowest BCUT2D eigenvalue weighted by Crippen LogP contribution is -2.39. The summed E-state index contributed by atoms with van der Waals surface area (Å²) < 4.78 is 13.4. The number of hydrogen-bond donors (Lipinski definition) is 2. The molecule has 1 aliphatic rings. The fourth-order valence-electron chi connectivity index (χ4n) is 4.04. The minimum atomic E-state index is -0.330. The number of benzene rings is 2. The minimum Gasteiger partial charge on any atom is -0.368 e. The molecule has 0 bridgehead atoms. The number of rotatable bonds is 4. The first kappa shape index (κ1) is 21.4. The predicted molar refractivity (Wildman–Crippen MR) is 120 cm³/mol. The summed E-state index contributed by atoms with van der Waals surface area (Å²) in [5.74, 6) is -0.492. The summed E-state index contributed by atoms with van der Waals surface area (Å²) in [5, 5.41) is 2.70. The zero-order valence-electron chi connectivity index (χ0n) is 17.7. The van der Waals surface area contributed by atoms with Gasteiger partial charge in [0.1, 0.15) is 5.82 Å². The highest BCUT2D eigenvalue weighted by Crippen LogP contribution is 2.36. The van der Waals surface area contributed by atoms with Crippen LogP contribution in [-0.2, 0) is 4.79 Å². The largest absolute Gasteiger partial charge is 0.368 e. The molecular weight excluding hydrogens is 409 g/mol. The van der Waals surface area contributed by atoms with E-state index in [4.69, 9.17) is 5.73 Å². The molecule has 3 N–H and O–H groups in total. The lowest BCUT2D eigenvalue weighted by molar-refractivity contribution is -0.114. The lowest BCUT2D eigenvalue weighted by atomic mass is 9.93. The monoisotopic (exact) mass is 433 g/mol. The molecule has 1 fully saturated rings.